The van der Waals surface area contributed by atoms with Gasteiger partial charge in [-0.1, -0.05) is 0 Å². The molecule has 3 unspecified atom stereocenters. The molecule has 0 saturated heterocycles. The van der Waals surface area contributed by atoms with Crippen molar-refractivity contribution in [2.24, 2.45) is 27.9 Å². The van der Waals surface area contributed by atoms with Gasteiger partial charge >= 0.3 is 5.97 Å². The fourth-order valence-corrected chi connectivity index (χ4v) is 2.85. The predicted octanol–water partition coefficient (Wildman–Crippen LogP) is -3.83. The fourth-order valence-electron chi connectivity index (χ4n) is 2.36. The maximum atomic E-state index is 12.5. The van der Waals surface area contributed by atoms with E-state index < -0.39 is 60.7 Å². The number of nitrogens with two attached hydrogens (primary N) is 4. The molecular formula is C17H32N8O6S. The average molecular weight is 477 g/mol. The van der Waals surface area contributed by atoms with E-state index in [4.69, 9.17) is 22.9 Å². The smallest absolute Gasteiger partial charge is 0.326 e. The number of nitrogens with zero attached hydrogens (tertiary/aromatic N) is 1. The van der Waals surface area contributed by atoms with Gasteiger partial charge in [-0.05, 0) is 31.3 Å². The van der Waals surface area contributed by atoms with Gasteiger partial charge in [-0.2, -0.15) is 11.8 Å². The summed E-state index contributed by atoms with van der Waals surface area (Å²) in [6.45, 7) is -0.336. The number of carbonyl (C=O) groups is 5. The van der Waals surface area contributed by atoms with Crippen molar-refractivity contribution in [1.29, 1.82) is 0 Å². The minimum atomic E-state index is -1.43. The van der Waals surface area contributed by atoms with E-state index in [0.29, 0.717) is 12.2 Å². The number of thioether (sulfide) groups is 1. The van der Waals surface area contributed by atoms with Crippen LogP contribution in [-0.4, -0.2) is 83.9 Å². The van der Waals surface area contributed by atoms with Crippen LogP contribution in [0.4, 0.5) is 0 Å². The third-order valence-corrected chi connectivity index (χ3v) is 4.65. The summed E-state index contributed by atoms with van der Waals surface area (Å²) in [5, 5.41) is 16.1. The van der Waals surface area contributed by atoms with Gasteiger partial charge in [0.15, 0.2) is 5.96 Å². The van der Waals surface area contributed by atoms with Crippen LogP contribution < -0.4 is 38.9 Å². The van der Waals surface area contributed by atoms with E-state index >= 15 is 0 Å². The quantitative estimate of drug-likeness (QED) is 0.0611. The van der Waals surface area contributed by atoms with Gasteiger partial charge in [0, 0.05) is 6.54 Å². The topological polar surface area (TPSA) is 258 Å². The number of aliphatic carboxylic acids is 1. The summed E-state index contributed by atoms with van der Waals surface area (Å²) in [6, 6.07) is -3.53. The van der Waals surface area contributed by atoms with E-state index in [2.05, 4.69) is 20.9 Å². The van der Waals surface area contributed by atoms with Crippen LogP contribution >= 0.6 is 11.8 Å². The lowest BCUT2D eigenvalue weighted by molar-refractivity contribution is -0.142. The Morgan fingerprint density at radius 3 is 2.19 bits per heavy atom. The van der Waals surface area contributed by atoms with Crippen molar-refractivity contribution in [3.8, 4) is 0 Å². The first-order valence-electron chi connectivity index (χ1n) is 9.66. The summed E-state index contributed by atoms with van der Waals surface area (Å²) < 4.78 is 0. The van der Waals surface area contributed by atoms with E-state index in [1.807, 2.05) is 6.26 Å². The summed E-state index contributed by atoms with van der Waals surface area (Å²) in [4.78, 5) is 62.9. The highest BCUT2D eigenvalue weighted by Crippen LogP contribution is 2.02. The number of carbonyl (C=O) groups excluding carboxylic acids is 4. The van der Waals surface area contributed by atoms with E-state index in [0.717, 1.165) is 0 Å². The van der Waals surface area contributed by atoms with Gasteiger partial charge in [0.1, 0.15) is 12.1 Å². The molecular weight excluding hydrogens is 444 g/mol. The van der Waals surface area contributed by atoms with Gasteiger partial charge < -0.3 is 44.0 Å². The monoisotopic (exact) mass is 476 g/mol. The molecule has 0 aliphatic carbocycles. The molecule has 0 spiro atoms. The maximum absolute atomic E-state index is 12.5. The molecule has 0 aliphatic rings. The van der Waals surface area contributed by atoms with E-state index in [1.54, 1.807) is 0 Å². The van der Waals surface area contributed by atoms with Crippen LogP contribution in [0.2, 0.25) is 0 Å². The second-order valence-corrected chi connectivity index (χ2v) is 7.73. The van der Waals surface area contributed by atoms with Gasteiger partial charge in [0.05, 0.1) is 19.0 Å². The Balaban J connectivity index is 4.88. The Labute approximate surface area is 189 Å². The summed E-state index contributed by atoms with van der Waals surface area (Å²) >= 11 is 1.52. The average Bonchev–Trinajstić information content (AvgIpc) is 2.70. The minimum Gasteiger partial charge on any atom is -0.480 e. The Morgan fingerprint density at radius 1 is 1.00 bits per heavy atom. The molecule has 32 heavy (non-hydrogen) atoms. The van der Waals surface area contributed by atoms with Gasteiger partial charge in [-0.25, -0.2) is 4.79 Å². The predicted molar refractivity (Wildman–Crippen MR) is 119 cm³/mol. The van der Waals surface area contributed by atoms with Crippen molar-refractivity contribution in [3.63, 3.8) is 0 Å². The molecule has 15 heteroatoms. The molecule has 0 rings (SSSR count). The van der Waals surface area contributed by atoms with Crippen molar-refractivity contribution in [1.82, 2.24) is 16.0 Å². The van der Waals surface area contributed by atoms with Crippen LogP contribution in [0.25, 0.3) is 0 Å². The number of carboxylic acids is 1. The molecule has 14 nitrogen and oxygen atoms in total. The summed E-state index contributed by atoms with van der Waals surface area (Å²) in [5.41, 5.74) is 21.2. The summed E-state index contributed by atoms with van der Waals surface area (Å²) in [7, 11) is 0. The zero-order valence-electron chi connectivity index (χ0n) is 17.8. The molecule has 0 aromatic carbocycles. The highest BCUT2D eigenvalue weighted by molar-refractivity contribution is 7.98. The van der Waals surface area contributed by atoms with Crippen molar-refractivity contribution in [3.05, 3.63) is 0 Å². The lowest BCUT2D eigenvalue weighted by Gasteiger charge is -2.21. The van der Waals surface area contributed by atoms with Crippen LogP contribution in [0.15, 0.2) is 4.99 Å². The van der Waals surface area contributed by atoms with Gasteiger partial charge in [-0.15, -0.1) is 0 Å². The highest BCUT2D eigenvalue weighted by atomic mass is 32.2. The number of hydrogen-bond acceptors (Lipinski definition) is 8. The maximum Gasteiger partial charge on any atom is 0.326 e. The first-order valence-corrected chi connectivity index (χ1v) is 11.1. The first kappa shape index (κ1) is 28.9. The number of amides is 4. The number of primary amides is 1. The molecule has 3 atom stereocenters. The third kappa shape index (κ3) is 13.3. The Kier molecular flexibility index (Phi) is 14.2. The molecule has 0 heterocycles. The van der Waals surface area contributed by atoms with Crippen molar-refractivity contribution >= 4 is 47.3 Å². The summed E-state index contributed by atoms with van der Waals surface area (Å²) in [5.74, 6) is -3.95. The fraction of sp³-hybridized carbons (Fsp3) is 0.647. The zero-order valence-corrected chi connectivity index (χ0v) is 18.7. The van der Waals surface area contributed by atoms with Crippen molar-refractivity contribution in [2.45, 2.75) is 43.8 Å². The number of guanidine groups is 1. The number of nitrogens with one attached hydrogen (secondary N) is 3. The van der Waals surface area contributed by atoms with E-state index in [-0.39, 0.29) is 25.3 Å². The molecule has 4 amide bonds. The third-order valence-electron chi connectivity index (χ3n) is 4.01. The minimum absolute atomic E-state index is 0.000910. The molecule has 0 aliphatic heterocycles. The first-order chi connectivity index (χ1) is 15.0. The molecule has 0 bridgehead atoms. The molecule has 0 aromatic heterocycles. The Bertz CT molecular complexity index is 701. The second-order valence-electron chi connectivity index (χ2n) is 6.74. The SMILES string of the molecule is CSCCC(N)C(=O)NCC(=O)NC(CC(N)=O)C(=O)NC(CCCN=C(N)N)C(=O)O. The number of carboxylic acid groups (broad SMARTS) is 1. The van der Waals surface area contributed by atoms with E-state index in [9.17, 15) is 29.1 Å². The molecule has 0 fully saturated rings. The van der Waals surface area contributed by atoms with Crippen molar-refractivity contribution < 1.29 is 29.1 Å². The summed E-state index contributed by atoms with van der Waals surface area (Å²) in [6.07, 6.45) is 1.96. The van der Waals surface area contributed by atoms with Crippen LogP contribution in [0, 0.1) is 0 Å². The largest absolute Gasteiger partial charge is 0.480 e. The van der Waals surface area contributed by atoms with Crippen LogP contribution in [0.1, 0.15) is 25.7 Å². The van der Waals surface area contributed by atoms with Gasteiger partial charge in [-0.3, -0.25) is 24.2 Å². The standard InChI is InChI=1S/C17H32N8O6S/c1-32-6-4-9(18)14(28)23-8-13(27)24-11(7-12(19)26)15(29)25-10(16(30)31)3-2-5-22-17(20)21/h9-11H,2-8,18H2,1H3,(H2,19,26)(H,23,28)(H,24,27)(H,25,29)(H,30,31)(H4,20,21,22). The molecule has 12 N–H and O–H groups in total. The van der Waals surface area contributed by atoms with E-state index in [1.165, 1.54) is 11.8 Å². The lowest BCUT2D eigenvalue weighted by atomic mass is 10.1. The van der Waals surface area contributed by atoms with Crippen LogP contribution in [-0.2, 0) is 24.0 Å². The molecule has 182 valence electrons. The molecule has 0 aromatic rings. The zero-order chi connectivity index (χ0) is 24.7. The normalized spacial score (nSPS) is 13.2. The second kappa shape index (κ2) is 15.7. The number of hydrogen-bond donors (Lipinski definition) is 8. The van der Waals surface area contributed by atoms with Crippen LogP contribution in [0.5, 0.6) is 0 Å². The van der Waals surface area contributed by atoms with Crippen LogP contribution in [0.3, 0.4) is 0 Å². The van der Waals surface area contributed by atoms with Gasteiger partial charge in [0.2, 0.25) is 23.6 Å². The number of rotatable bonds is 16. The van der Waals surface area contributed by atoms with Crippen molar-refractivity contribution in [2.75, 3.05) is 25.1 Å². The lowest BCUT2D eigenvalue weighted by Crippen LogP contribution is -2.54. The Hall–Kier alpha value is -3.07. The number of aliphatic imine (C=N–C) groups is 1. The Morgan fingerprint density at radius 2 is 1.66 bits per heavy atom. The van der Waals surface area contributed by atoms with Gasteiger partial charge in [0.25, 0.3) is 0 Å². The molecule has 0 saturated carbocycles. The highest BCUT2D eigenvalue weighted by Gasteiger charge is 2.27. The molecule has 0 radical (unpaired) electrons.